The molecule has 0 bridgehead atoms. The molecule has 0 radical (unpaired) electrons. The van der Waals surface area contributed by atoms with Gasteiger partial charge in [-0.25, -0.2) is 13.6 Å². The van der Waals surface area contributed by atoms with Crippen molar-refractivity contribution in [3.8, 4) is 11.5 Å². The largest absolute Gasteiger partial charge is 0.437 e. The molecule has 7 heteroatoms. The number of nitrogens with zero attached hydrogens (tertiary/aromatic N) is 2. The van der Waals surface area contributed by atoms with Gasteiger partial charge in [0, 0.05) is 5.56 Å². The van der Waals surface area contributed by atoms with Gasteiger partial charge in [0.05, 0.1) is 12.6 Å². The number of hydrogen-bond acceptors (Lipinski definition) is 4. The third kappa shape index (κ3) is 3.35. The number of rotatable bonds is 4. The molecule has 118 valence electrons. The Balaban J connectivity index is 1.84. The van der Waals surface area contributed by atoms with Gasteiger partial charge in [0.2, 0.25) is 5.89 Å². The normalized spacial score (nSPS) is 12.3. The van der Waals surface area contributed by atoms with Crippen LogP contribution in [0.5, 0.6) is 0 Å². The van der Waals surface area contributed by atoms with Crippen LogP contribution < -0.4 is 5.76 Å². The van der Waals surface area contributed by atoms with E-state index in [1.54, 1.807) is 6.07 Å². The van der Waals surface area contributed by atoms with Gasteiger partial charge in [-0.3, -0.25) is 0 Å². The Morgan fingerprint density at radius 3 is 2.57 bits per heavy atom. The first-order chi connectivity index (χ1) is 11.0. The predicted molar refractivity (Wildman–Crippen MR) is 77.5 cm³/mol. The van der Waals surface area contributed by atoms with Gasteiger partial charge in [0.25, 0.3) is 0 Å². The highest BCUT2D eigenvalue weighted by Crippen LogP contribution is 2.18. The highest BCUT2D eigenvalue weighted by atomic mass is 19.1. The van der Waals surface area contributed by atoms with E-state index in [1.165, 1.54) is 42.5 Å². The Hall–Kier alpha value is -2.80. The van der Waals surface area contributed by atoms with E-state index in [4.69, 9.17) is 4.42 Å². The van der Waals surface area contributed by atoms with Crippen LogP contribution in [0.1, 0.15) is 11.7 Å². The zero-order chi connectivity index (χ0) is 16.4. The highest BCUT2D eigenvalue weighted by Gasteiger charge is 2.15. The third-order valence-corrected chi connectivity index (χ3v) is 3.28. The van der Waals surface area contributed by atoms with Gasteiger partial charge >= 0.3 is 5.76 Å². The lowest BCUT2D eigenvalue weighted by molar-refractivity contribution is 0.148. The second-order valence-electron chi connectivity index (χ2n) is 4.93. The lowest BCUT2D eigenvalue weighted by atomic mass is 10.1. The number of aromatic nitrogens is 2. The summed E-state index contributed by atoms with van der Waals surface area (Å²) in [5, 5.41) is 14.0. The van der Waals surface area contributed by atoms with Gasteiger partial charge in [-0.05, 0) is 42.0 Å². The van der Waals surface area contributed by atoms with Gasteiger partial charge in [-0.15, -0.1) is 5.10 Å². The summed E-state index contributed by atoms with van der Waals surface area (Å²) in [5.74, 6) is -1.65. The molecule has 1 atom stereocenters. The van der Waals surface area contributed by atoms with E-state index in [2.05, 4.69) is 5.10 Å². The quantitative estimate of drug-likeness (QED) is 0.802. The monoisotopic (exact) mass is 318 g/mol. The molecule has 1 N–H and O–H groups in total. The predicted octanol–water partition coefficient (Wildman–Crippen LogP) is 2.52. The number of benzene rings is 2. The molecule has 3 rings (SSSR count). The molecule has 0 unspecified atom stereocenters. The Bertz CT molecular complexity index is 872. The van der Waals surface area contributed by atoms with Crippen molar-refractivity contribution >= 4 is 0 Å². The Morgan fingerprint density at radius 2 is 1.87 bits per heavy atom. The van der Waals surface area contributed by atoms with E-state index < -0.39 is 23.5 Å². The van der Waals surface area contributed by atoms with Crippen LogP contribution in [0, 0.1) is 11.6 Å². The van der Waals surface area contributed by atoms with Crippen LogP contribution in [0.2, 0.25) is 0 Å². The maximum Gasteiger partial charge on any atom is 0.437 e. The van der Waals surface area contributed by atoms with Crippen LogP contribution in [-0.2, 0) is 6.54 Å². The van der Waals surface area contributed by atoms with Crippen LogP contribution in [0.25, 0.3) is 11.5 Å². The topological polar surface area (TPSA) is 68.3 Å². The molecule has 1 heterocycles. The molecule has 0 spiro atoms. The molecule has 0 aliphatic rings. The first-order valence-corrected chi connectivity index (χ1v) is 6.80. The first-order valence-electron chi connectivity index (χ1n) is 6.80. The third-order valence-electron chi connectivity index (χ3n) is 3.28. The van der Waals surface area contributed by atoms with Gasteiger partial charge in [0.1, 0.15) is 11.6 Å². The molecule has 0 aliphatic carbocycles. The van der Waals surface area contributed by atoms with Crippen molar-refractivity contribution in [1.82, 2.24) is 9.78 Å². The second kappa shape index (κ2) is 6.13. The second-order valence-corrected chi connectivity index (χ2v) is 4.93. The van der Waals surface area contributed by atoms with Crippen LogP contribution in [0.3, 0.4) is 0 Å². The van der Waals surface area contributed by atoms with Crippen molar-refractivity contribution in [2.45, 2.75) is 12.6 Å². The average Bonchev–Trinajstić information content (AvgIpc) is 2.89. The zero-order valence-electron chi connectivity index (χ0n) is 11.8. The summed E-state index contributed by atoms with van der Waals surface area (Å²) in [7, 11) is 0. The summed E-state index contributed by atoms with van der Waals surface area (Å²) < 4.78 is 32.0. The van der Waals surface area contributed by atoms with E-state index in [0.29, 0.717) is 11.1 Å². The molecule has 23 heavy (non-hydrogen) atoms. The fourth-order valence-electron chi connectivity index (χ4n) is 2.11. The molecule has 1 aromatic heterocycles. The SMILES string of the molecule is O=c1oc(-c2ccc(F)cc2)nn1C[C@@H](O)c1cccc(F)c1. The molecule has 0 amide bonds. The van der Waals surface area contributed by atoms with Gasteiger partial charge in [-0.2, -0.15) is 4.68 Å². The van der Waals surface area contributed by atoms with Gasteiger partial charge in [0.15, 0.2) is 0 Å². The summed E-state index contributed by atoms with van der Waals surface area (Å²) in [4.78, 5) is 11.8. The van der Waals surface area contributed by atoms with Gasteiger partial charge in [-0.1, -0.05) is 12.1 Å². The van der Waals surface area contributed by atoms with Crippen molar-refractivity contribution < 1.29 is 18.3 Å². The van der Waals surface area contributed by atoms with Crippen molar-refractivity contribution in [2.75, 3.05) is 0 Å². The summed E-state index contributed by atoms with van der Waals surface area (Å²) in [5.41, 5.74) is 0.755. The lowest BCUT2D eigenvalue weighted by Crippen LogP contribution is -2.20. The zero-order valence-corrected chi connectivity index (χ0v) is 11.8. The molecule has 0 fully saturated rings. The molecule has 0 aliphatic heterocycles. The number of hydrogen-bond donors (Lipinski definition) is 1. The summed E-state index contributed by atoms with van der Waals surface area (Å²) in [6, 6.07) is 10.7. The van der Waals surface area contributed by atoms with E-state index in [1.807, 2.05) is 0 Å². The smallest absolute Gasteiger partial charge is 0.388 e. The maximum absolute atomic E-state index is 13.2. The van der Waals surface area contributed by atoms with Crippen LogP contribution in [-0.4, -0.2) is 14.9 Å². The highest BCUT2D eigenvalue weighted by molar-refractivity contribution is 5.51. The van der Waals surface area contributed by atoms with Crippen LogP contribution >= 0.6 is 0 Å². The van der Waals surface area contributed by atoms with Crippen molar-refractivity contribution in [2.24, 2.45) is 0 Å². The molecule has 2 aromatic carbocycles. The Labute approximate surface area is 129 Å². The van der Waals surface area contributed by atoms with E-state index in [0.717, 1.165) is 4.68 Å². The molecule has 3 aromatic rings. The van der Waals surface area contributed by atoms with E-state index >= 15 is 0 Å². The minimum Gasteiger partial charge on any atom is -0.388 e. The Morgan fingerprint density at radius 1 is 1.13 bits per heavy atom. The first kappa shape index (κ1) is 15.1. The lowest BCUT2D eigenvalue weighted by Gasteiger charge is -2.09. The van der Waals surface area contributed by atoms with Crippen molar-refractivity contribution in [3.05, 3.63) is 76.3 Å². The molecular weight excluding hydrogens is 306 g/mol. The standard InChI is InChI=1S/C16H12F2N2O3/c17-12-6-4-10(5-7-12)15-19-20(16(22)23-15)9-14(21)11-2-1-3-13(18)8-11/h1-8,14,21H,9H2/t14-/m1/s1. The summed E-state index contributed by atoms with van der Waals surface area (Å²) >= 11 is 0. The summed E-state index contributed by atoms with van der Waals surface area (Å²) in [6.45, 7) is -0.188. The molecule has 0 saturated heterocycles. The summed E-state index contributed by atoms with van der Waals surface area (Å²) in [6.07, 6.45) is -1.12. The van der Waals surface area contributed by atoms with Gasteiger partial charge < -0.3 is 9.52 Å². The fraction of sp³-hybridized carbons (Fsp3) is 0.125. The fourth-order valence-corrected chi connectivity index (χ4v) is 2.11. The average molecular weight is 318 g/mol. The van der Waals surface area contributed by atoms with Crippen LogP contribution in [0.15, 0.2) is 57.7 Å². The number of aliphatic hydroxyl groups excluding tert-OH is 1. The maximum atomic E-state index is 13.2. The van der Waals surface area contributed by atoms with Crippen LogP contribution in [0.4, 0.5) is 8.78 Å². The molecule has 5 nitrogen and oxygen atoms in total. The Kier molecular flexibility index (Phi) is 4.03. The molecular formula is C16H12F2N2O3. The number of aliphatic hydroxyl groups is 1. The minimum absolute atomic E-state index is 0.0152. The minimum atomic E-state index is -1.12. The van der Waals surface area contributed by atoms with E-state index in [9.17, 15) is 18.7 Å². The van der Waals surface area contributed by atoms with Crippen molar-refractivity contribution in [1.29, 1.82) is 0 Å². The van der Waals surface area contributed by atoms with Crippen molar-refractivity contribution in [3.63, 3.8) is 0 Å². The van der Waals surface area contributed by atoms with E-state index in [-0.39, 0.29) is 12.4 Å². The molecule has 0 saturated carbocycles. The number of halogens is 2.